The first kappa shape index (κ1) is 19.6. The van der Waals surface area contributed by atoms with Crippen molar-refractivity contribution in [2.75, 3.05) is 13.1 Å². The Morgan fingerprint density at radius 3 is 2.15 bits per heavy atom. The van der Waals surface area contributed by atoms with E-state index in [2.05, 4.69) is 42.6 Å². The number of benzene rings is 1. The first-order chi connectivity index (χ1) is 12.4. The largest absolute Gasteiger partial charge is 0.265 e. The van der Waals surface area contributed by atoms with Gasteiger partial charge >= 0.3 is 0 Å². The summed E-state index contributed by atoms with van der Waals surface area (Å²) in [5.74, 6) is 0. The van der Waals surface area contributed by atoms with E-state index in [4.69, 9.17) is 16.3 Å². The van der Waals surface area contributed by atoms with Gasteiger partial charge in [0.15, 0.2) is 0 Å². The van der Waals surface area contributed by atoms with Gasteiger partial charge in [0.05, 0.1) is 17.9 Å². The molecule has 0 radical (unpaired) electrons. The molecule has 1 fully saturated rings. The van der Waals surface area contributed by atoms with Gasteiger partial charge in [0.25, 0.3) is 0 Å². The zero-order valence-electron chi connectivity index (χ0n) is 16.0. The predicted octanol–water partition coefficient (Wildman–Crippen LogP) is 6.48. The Morgan fingerprint density at radius 2 is 1.58 bits per heavy atom. The van der Waals surface area contributed by atoms with Crippen molar-refractivity contribution in [3.05, 3.63) is 53.8 Å². The van der Waals surface area contributed by atoms with Gasteiger partial charge < -0.3 is 0 Å². The second kappa shape index (κ2) is 8.25. The summed E-state index contributed by atoms with van der Waals surface area (Å²) in [7, 11) is -2.05. The van der Waals surface area contributed by atoms with E-state index in [1.54, 1.807) is 0 Å². The van der Waals surface area contributed by atoms with E-state index >= 15 is 0 Å². The highest BCUT2D eigenvalue weighted by Crippen LogP contribution is 2.64. The predicted molar refractivity (Wildman–Crippen MR) is 114 cm³/mol. The summed E-state index contributed by atoms with van der Waals surface area (Å²) < 4.78 is 8.15. The monoisotopic (exact) mass is 389 g/mol. The van der Waals surface area contributed by atoms with Gasteiger partial charge in [-0.3, -0.25) is 9.65 Å². The number of aromatic nitrogens is 1. The molecule has 2 heterocycles. The Kier molecular flexibility index (Phi) is 6.22. The van der Waals surface area contributed by atoms with E-state index in [1.807, 2.05) is 36.7 Å². The molecule has 2 aromatic rings. The minimum absolute atomic E-state index is 0.00212. The average molecular weight is 390 g/mol. The third kappa shape index (κ3) is 3.91. The van der Waals surface area contributed by atoms with Crippen LogP contribution in [0.3, 0.4) is 0 Å². The molecule has 0 bridgehead atoms. The molecule has 1 saturated heterocycles. The lowest BCUT2D eigenvalue weighted by molar-refractivity contribution is 0.457. The quantitative estimate of drug-likeness (QED) is 0.562. The van der Waals surface area contributed by atoms with Crippen LogP contribution in [-0.4, -0.2) is 27.9 Å². The number of hydrogen-bond donors (Lipinski definition) is 0. The van der Waals surface area contributed by atoms with E-state index in [9.17, 15) is 0 Å². The fourth-order valence-corrected chi connectivity index (χ4v) is 8.46. The van der Waals surface area contributed by atoms with Gasteiger partial charge in [-0.2, -0.15) is 0 Å². The SMILES string of the molecule is CC(C)(C)[P@](=Nc1ccccc1Cl)(c1ccncc1)N1CCCCCC1. The maximum absolute atomic E-state index is 6.53. The Morgan fingerprint density at radius 1 is 0.962 bits per heavy atom. The van der Waals surface area contributed by atoms with Crippen LogP contribution in [0.1, 0.15) is 46.5 Å². The van der Waals surface area contributed by atoms with Crippen LogP contribution in [0.25, 0.3) is 0 Å². The highest BCUT2D eigenvalue weighted by atomic mass is 35.5. The molecule has 3 rings (SSSR count). The van der Waals surface area contributed by atoms with E-state index in [1.165, 1.54) is 31.0 Å². The number of pyridine rings is 1. The molecule has 1 aliphatic heterocycles. The summed E-state index contributed by atoms with van der Waals surface area (Å²) >= 11 is 6.53. The van der Waals surface area contributed by atoms with Gasteiger partial charge in [-0.25, -0.2) is 4.74 Å². The highest BCUT2D eigenvalue weighted by Gasteiger charge is 2.41. The Hall–Kier alpha value is -1.15. The van der Waals surface area contributed by atoms with Crippen molar-refractivity contribution < 1.29 is 0 Å². The molecule has 0 unspecified atom stereocenters. The summed E-state index contributed by atoms with van der Waals surface area (Å²) in [5.41, 5.74) is 0.901. The van der Waals surface area contributed by atoms with Crippen LogP contribution >= 0.6 is 18.8 Å². The van der Waals surface area contributed by atoms with Crippen LogP contribution in [-0.2, 0) is 0 Å². The molecule has 140 valence electrons. The van der Waals surface area contributed by atoms with Crippen LogP contribution in [0.15, 0.2) is 53.5 Å². The maximum atomic E-state index is 6.53. The van der Waals surface area contributed by atoms with Crippen molar-refractivity contribution in [3.8, 4) is 0 Å². The third-order valence-corrected chi connectivity index (χ3v) is 9.99. The van der Waals surface area contributed by atoms with Gasteiger partial charge in [-0.15, -0.1) is 0 Å². The summed E-state index contributed by atoms with van der Waals surface area (Å²) in [6.45, 7) is 9.17. The Bertz CT molecular complexity index is 775. The third-order valence-electron chi connectivity index (χ3n) is 5.05. The summed E-state index contributed by atoms with van der Waals surface area (Å²) in [6, 6.07) is 12.3. The molecule has 0 N–H and O–H groups in total. The number of hydrogen-bond acceptors (Lipinski definition) is 2. The molecule has 0 saturated carbocycles. The van der Waals surface area contributed by atoms with Crippen LogP contribution < -0.4 is 5.30 Å². The van der Waals surface area contributed by atoms with Crippen molar-refractivity contribution in [2.24, 2.45) is 4.74 Å². The van der Waals surface area contributed by atoms with Crippen LogP contribution in [0.4, 0.5) is 5.69 Å². The Labute approximate surface area is 162 Å². The highest BCUT2D eigenvalue weighted by molar-refractivity contribution is 7.73. The summed E-state index contributed by atoms with van der Waals surface area (Å²) in [4.78, 5) is 4.26. The van der Waals surface area contributed by atoms with E-state index in [0.717, 1.165) is 23.8 Å². The molecule has 1 atom stereocenters. The minimum Gasteiger partial charge on any atom is -0.265 e. The van der Waals surface area contributed by atoms with Gasteiger partial charge in [-0.05, 0) is 37.1 Å². The van der Waals surface area contributed by atoms with Gasteiger partial charge in [0.2, 0.25) is 0 Å². The second-order valence-electron chi connectivity index (χ2n) is 7.90. The van der Waals surface area contributed by atoms with Gasteiger partial charge in [0, 0.05) is 35.9 Å². The van der Waals surface area contributed by atoms with Gasteiger partial charge in [-0.1, -0.05) is 57.3 Å². The van der Waals surface area contributed by atoms with Crippen LogP contribution in [0, 0.1) is 0 Å². The van der Waals surface area contributed by atoms with E-state index in [0.29, 0.717) is 0 Å². The lowest BCUT2D eigenvalue weighted by Crippen LogP contribution is -2.37. The van der Waals surface area contributed by atoms with E-state index < -0.39 is 7.21 Å². The zero-order chi connectivity index (χ0) is 18.6. The molecular weight excluding hydrogens is 361 g/mol. The molecule has 26 heavy (non-hydrogen) atoms. The van der Waals surface area contributed by atoms with Crippen molar-refractivity contribution in [1.29, 1.82) is 0 Å². The number of rotatable bonds is 3. The molecule has 1 aliphatic rings. The van der Waals surface area contributed by atoms with Crippen molar-refractivity contribution in [1.82, 2.24) is 9.65 Å². The molecule has 5 heteroatoms. The zero-order valence-corrected chi connectivity index (χ0v) is 17.7. The molecular formula is C21H29ClN3P. The molecule has 0 aliphatic carbocycles. The normalized spacial score (nSPS) is 18.8. The fraction of sp³-hybridized carbons (Fsp3) is 0.476. The molecule has 1 aromatic carbocycles. The standard InChI is InChI=1S/C21H29ClN3P/c1-21(2,3)26(18-12-14-23-15-13-18,25-16-8-4-5-9-17-25)24-20-11-7-6-10-19(20)22/h6-7,10-15H,4-5,8-9,16-17H2,1-3H3/t26-/m0/s1. The topological polar surface area (TPSA) is 28.5 Å². The first-order valence-electron chi connectivity index (χ1n) is 9.48. The Balaban J connectivity index is 2.30. The van der Waals surface area contributed by atoms with Crippen molar-refractivity contribution in [3.63, 3.8) is 0 Å². The minimum atomic E-state index is -2.05. The number of halogens is 1. The smallest absolute Gasteiger partial charge is 0.0819 e. The van der Waals surface area contributed by atoms with Crippen molar-refractivity contribution >= 4 is 29.8 Å². The summed E-state index contributed by atoms with van der Waals surface area (Å²) in [5, 5.41) is 2.02. The van der Waals surface area contributed by atoms with E-state index in [-0.39, 0.29) is 5.16 Å². The van der Waals surface area contributed by atoms with Crippen molar-refractivity contribution in [2.45, 2.75) is 51.6 Å². The van der Waals surface area contributed by atoms with Crippen LogP contribution in [0.5, 0.6) is 0 Å². The molecule has 0 amide bonds. The molecule has 1 aromatic heterocycles. The molecule has 3 nitrogen and oxygen atoms in total. The second-order valence-corrected chi connectivity index (χ2v) is 12.1. The van der Waals surface area contributed by atoms with Crippen LogP contribution in [0.2, 0.25) is 5.02 Å². The maximum Gasteiger partial charge on any atom is 0.0819 e. The fourth-order valence-electron chi connectivity index (χ4n) is 3.83. The number of nitrogens with zero attached hydrogens (tertiary/aromatic N) is 3. The average Bonchev–Trinajstić information content (AvgIpc) is 2.90. The lowest BCUT2D eigenvalue weighted by atomic mass is 10.2. The summed E-state index contributed by atoms with van der Waals surface area (Å²) in [6.07, 6.45) is 8.89. The molecule has 0 spiro atoms. The lowest BCUT2D eigenvalue weighted by Gasteiger charge is -2.45. The van der Waals surface area contributed by atoms with Gasteiger partial charge in [0.1, 0.15) is 0 Å². The first-order valence-corrected chi connectivity index (χ1v) is 11.6.